The van der Waals surface area contributed by atoms with Crippen LogP contribution in [0.15, 0.2) is 48.5 Å². The molecule has 2 atom stereocenters. The molecule has 2 aromatic rings. The third kappa shape index (κ3) is 2.94. The summed E-state index contributed by atoms with van der Waals surface area (Å²) in [7, 11) is 0. The molecule has 2 fully saturated rings. The standard InChI is InChI=1S/C22H20N4O6/c27-19-22(20(28)25(21(29)23-19)12-14-4-2-1-3-5-14)11-15-10-16(26(30)31)6-7-17(15)24-8-9-32-13-18(22)24/h1-7,10,18H,8-9,11-13H2,(H,23,27,29)/t18-,22+/m0/s1. The molecule has 3 heterocycles. The Labute approximate surface area is 182 Å². The number of hydrogen-bond donors (Lipinski definition) is 1. The molecule has 0 aromatic heterocycles. The van der Waals surface area contributed by atoms with E-state index in [1.807, 2.05) is 11.0 Å². The molecule has 10 heteroatoms. The fourth-order valence-electron chi connectivity index (χ4n) is 4.89. The van der Waals surface area contributed by atoms with E-state index in [2.05, 4.69) is 5.32 Å². The fourth-order valence-corrected chi connectivity index (χ4v) is 4.89. The first-order valence-electron chi connectivity index (χ1n) is 10.2. The zero-order valence-electron chi connectivity index (χ0n) is 17.0. The Kier molecular flexibility index (Phi) is 4.66. The van der Waals surface area contributed by atoms with Gasteiger partial charge in [0.25, 0.3) is 5.69 Å². The lowest BCUT2D eigenvalue weighted by Crippen LogP contribution is -2.73. The first-order valence-corrected chi connectivity index (χ1v) is 10.2. The van der Waals surface area contributed by atoms with E-state index in [4.69, 9.17) is 4.74 Å². The highest BCUT2D eigenvalue weighted by molar-refractivity contribution is 6.20. The van der Waals surface area contributed by atoms with Gasteiger partial charge >= 0.3 is 6.03 Å². The summed E-state index contributed by atoms with van der Waals surface area (Å²) in [6.45, 7) is 0.953. The van der Waals surface area contributed by atoms with Crippen molar-refractivity contribution in [2.75, 3.05) is 24.7 Å². The number of nitrogens with one attached hydrogen (secondary N) is 1. The molecule has 164 valence electrons. The number of morpholine rings is 1. The molecule has 10 nitrogen and oxygen atoms in total. The van der Waals surface area contributed by atoms with E-state index in [9.17, 15) is 24.5 Å². The van der Waals surface area contributed by atoms with E-state index in [1.54, 1.807) is 30.3 Å². The highest BCUT2D eigenvalue weighted by atomic mass is 16.6. The maximum Gasteiger partial charge on any atom is 0.331 e. The number of carbonyl (C=O) groups excluding carboxylic acids is 3. The van der Waals surface area contributed by atoms with Gasteiger partial charge < -0.3 is 9.64 Å². The molecule has 4 amide bonds. The Bertz CT molecular complexity index is 1140. The van der Waals surface area contributed by atoms with Crippen molar-refractivity contribution in [1.29, 1.82) is 0 Å². The van der Waals surface area contributed by atoms with Crippen LogP contribution in [0.4, 0.5) is 16.2 Å². The van der Waals surface area contributed by atoms with Crippen molar-refractivity contribution in [1.82, 2.24) is 10.2 Å². The quantitative estimate of drug-likeness (QED) is 0.441. The number of anilines is 1. The van der Waals surface area contributed by atoms with Gasteiger partial charge in [-0.25, -0.2) is 4.79 Å². The first-order chi connectivity index (χ1) is 15.4. The second kappa shape index (κ2) is 7.41. The number of rotatable bonds is 3. The van der Waals surface area contributed by atoms with Crippen LogP contribution in [0, 0.1) is 15.5 Å². The number of fused-ring (bicyclic) bond motifs is 4. The van der Waals surface area contributed by atoms with Gasteiger partial charge in [0.05, 0.1) is 30.7 Å². The first kappa shape index (κ1) is 20.1. The van der Waals surface area contributed by atoms with Crippen molar-refractivity contribution in [2.24, 2.45) is 5.41 Å². The smallest absolute Gasteiger partial charge is 0.331 e. The average Bonchev–Trinajstić information content (AvgIpc) is 2.80. The normalized spacial score (nSPS) is 24.8. The Balaban J connectivity index is 1.61. The number of non-ortho nitro benzene ring substituents is 1. The molecule has 3 aliphatic heterocycles. The van der Waals surface area contributed by atoms with Crippen LogP contribution in [0.3, 0.4) is 0 Å². The number of nitro benzene ring substituents is 1. The molecular weight excluding hydrogens is 416 g/mol. The van der Waals surface area contributed by atoms with Crippen LogP contribution < -0.4 is 10.2 Å². The lowest BCUT2D eigenvalue weighted by molar-refractivity contribution is -0.384. The fraction of sp³-hybridized carbons (Fsp3) is 0.318. The summed E-state index contributed by atoms with van der Waals surface area (Å²) in [5.41, 5.74) is 0.248. The van der Waals surface area contributed by atoms with E-state index < -0.39 is 34.2 Å². The second-order valence-electron chi connectivity index (χ2n) is 8.14. The number of nitrogens with zero attached hydrogens (tertiary/aromatic N) is 3. The number of ether oxygens (including phenoxy) is 1. The molecule has 5 rings (SSSR count). The van der Waals surface area contributed by atoms with E-state index in [1.165, 1.54) is 12.1 Å². The lowest BCUT2D eigenvalue weighted by atomic mass is 9.68. The van der Waals surface area contributed by atoms with Crippen molar-refractivity contribution < 1.29 is 24.0 Å². The third-order valence-electron chi connectivity index (χ3n) is 6.43. The zero-order valence-corrected chi connectivity index (χ0v) is 17.0. The highest BCUT2D eigenvalue weighted by Crippen LogP contribution is 2.46. The number of imide groups is 2. The Morgan fingerprint density at radius 3 is 2.69 bits per heavy atom. The van der Waals surface area contributed by atoms with Gasteiger partial charge in [0.15, 0.2) is 5.41 Å². The topological polar surface area (TPSA) is 122 Å². The number of benzene rings is 2. The van der Waals surface area contributed by atoms with Gasteiger partial charge in [-0.05, 0) is 17.2 Å². The molecule has 32 heavy (non-hydrogen) atoms. The largest absolute Gasteiger partial charge is 0.377 e. The Morgan fingerprint density at radius 2 is 1.94 bits per heavy atom. The van der Waals surface area contributed by atoms with E-state index in [0.717, 1.165) is 16.2 Å². The summed E-state index contributed by atoms with van der Waals surface area (Å²) < 4.78 is 5.63. The molecule has 0 bridgehead atoms. The maximum absolute atomic E-state index is 13.8. The van der Waals surface area contributed by atoms with Crippen molar-refractivity contribution in [2.45, 2.75) is 19.0 Å². The van der Waals surface area contributed by atoms with Gasteiger partial charge in [-0.15, -0.1) is 0 Å². The minimum absolute atomic E-state index is 0.00983. The van der Waals surface area contributed by atoms with Gasteiger partial charge in [0, 0.05) is 30.8 Å². The Hall–Kier alpha value is -3.79. The van der Waals surface area contributed by atoms with E-state index >= 15 is 0 Å². The SMILES string of the molecule is O=C1NC(=O)[C@]2(Cc3cc([N+](=O)[O-])ccc3N3CCOC[C@H]32)C(=O)N1Cc1ccccc1. The molecular formula is C22H20N4O6. The molecule has 0 aliphatic carbocycles. The molecule has 2 aromatic carbocycles. The van der Waals surface area contributed by atoms with Crippen LogP contribution in [0.1, 0.15) is 11.1 Å². The number of nitro groups is 1. The molecule has 0 unspecified atom stereocenters. The summed E-state index contributed by atoms with van der Waals surface area (Å²) in [6.07, 6.45) is -0.0578. The minimum Gasteiger partial charge on any atom is -0.377 e. The summed E-state index contributed by atoms with van der Waals surface area (Å²) in [4.78, 5) is 53.5. The summed E-state index contributed by atoms with van der Waals surface area (Å²) in [5.74, 6) is -1.32. The monoisotopic (exact) mass is 436 g/mol. The Morgan fingerprint density at radius 1 is 1.16 bits per heavy atom. The van der Waals surface area contributed by atoms with Crippen molar-refractivity contribution in [3.05, 3.63) is 69.8 Å². The van der Waals surface area contributed by atoms with Crippen LogP contribution >= 0.6 is 0 Å². The average molecular weight is 436 g/mol. The summed E-state index contributed by atoms with van der Waals surface area (Å²) >= 11 is 0. The number of hydrogen-bond acceptors (Lipinski definition) is 7. The van der Waals surface area contributed by atoms with Crippen LogP contribution in [-0.4, -0.2) is 53.5 Å². The third-order valence-corrected chi connectivity index (χ3v) is 6.43. The number of barbiturate groups is 1. The maximum atomic E-state index is 13.8. The van der Waals surface area contributed by atoms with Crippen molar-refractivity contribution in [3.8, 4) is 0 Å². The summed E-state index contributed by atoms with van der Waals surface area (Å²) in [5, 5.41) is 13.7. The molecule has 1 N–H and O–H groups in total. The lowest BCUT2D eigenvalue weighted by Gasteiger charge is -2.53. The highest BCUT2D eigenvalue weighted by Gasteiger charge is 2.62. The van der Waals surface area contributed by atoms with Gasteiger partial charge in [0.1, 0.15) is 0 Å². The van der Waals surface area contributed by atoms with Crippen LogP contribution in [-0.2, 0) is 27.3 Å². The van der Waals surface area contributed by atoms with E-state index in [-0.39, 0.29) is 25.3 Å². The molecule has 1 spiro atoms. The van der Waals surface area contributed by atoms with Crippen LogP contribution in [0.5, 0.6) is 0 Å². The molecule has 3 aliphatic rings. The van der Waals surface area contributed by atoms with Gasteiger partial charge in [-0.3, -0.25) is 29.9 Å². The molecule has 0 saturated carbocycles. The zero-order chi connectivity index (χ0) is 22.5. The minimum atomic E-state index is -1.63. The number of urea groups is 1. The molecule has 0 radical (unpaired) electrons. The van der Waals surface area contributed by atoms with Gasteiger partial charge in [0.2, 0.25) is 11.8 Å². The van der Waals surface area contributed by atoms with Gasteiger partial charge in [-0.2, -0.15) is 0 Å². The van der Waals surface area contributed by atoms with Gasteiger partial charge in [-0.1, -0.05) is 30.3 Å². The number of amides is 4. The molecule has 2 saturated heterocycles. The van der Waals surface area contributed by atoms with Crippen molar-refractivity contribution >= 4 is 29.2 Å². The van der Waals surface area contributed by atoms with Crippen LogP contribution in [0.25, 0.3) is 0 Å². The van der Waals surface area contributed by atoms with Crippen molar-refractivity contribution in [3.63, 3.8) is 0 Å². The van der Waals surface area contributed by atoms with E-state index in [0.29, 0.717) is 18.7 Å². The summed E-state index contributed by atoms with van der Waals surface area (Å²) in [6, 6.07) is 12.1. The number of carbonyl (C=O) groups is 3. The predicted molar refractivity (Wildman–Crippen MR) is 112 cm³/mol. The predicted octanol–water partition coefficient (Wildman–Crippen LogP) is 1.62. The second-order valence-corrected chi connectivity index (χ2v) is 8.14. The van der Waals surface area contributed by atoms with Crippen LogP contribution in [0.2, 0.25) is 0 Å².